The van der Waals surface area contributed by atoms with Crippen molar-refractivity contribution >= 4 is 23.2 Å². The van der Waals surface area contributed by atoms with Crippen LogP contribution in [0.5, 0.6) is 0 Å². The molecule has 1 N–H and O–H groups in total. The van der Waals surface area contributed by atoms with Gasteiger partial charge in [-0.05, 0) is 50.6 Å². The minimum atomic E-state index is 0.310. The Hall–Kier alpha value is -1.14. The van der Waals surface area contributed by atoms with Gasteiger partial charge >= 0.3 is 0 Å². The molecule has 0 radical (unpaired) electrons. The van der Waals surface area contributed by atoms with Crippen molar-refractivity contribution in [1.29, 1.82) is 0 Å². The van der Waals surface area contributed by atoms with Crippen LogP contribution in [0.2, 0.25) is 10.0 Å². The van der Waals surface area contributed by atoms with Crippen molar-refractivity contribution in [3.8, 4) is 11.3 Å². The van der Waals surface area contributed by atoms with Crippen LogP contribution in [0, 0.1) is 11.8 Å². The van der Waals surface area contributed by atoms with Crippen molar-refractivity contribution in [1.82, 2.24) is 15.5 Å². The van der Waals surface area contributed by atoms with Gasteiger partial charge in [-0.25, -0.2) is 0 Å². The van der Waals surface area contributed by atoms with Crippen LogP contribution in [-0.4, -0.2) is 29.3 Å². The second-order valence-corrected chi connectivity index (χ2v) is 8.52. The standard InChI is InChI=1S/C19H21Cl2N3O2/c20-15-7-23-8-16(21)17(15)18-14(19(26-24-18)10-1-2-10)9-25-13-3-11-5-22-6-12(11)4-13/h7-8,10-13,22H,1-6,9H2. The lowest BCUT2D eigenvalue weighted by molar-refractivity contribution is 0.0398. The van der Waals surface area contributed by atoms with Crippen molar-refractivity contribution < 1.29 is 9.26 Å². The number of pyridine rings is 1. The average molecular weight is 394 g/mol. The Balaban J connectivity index is 1.41. The second-order valence-electron chi connectivity index (χ2n) is 7.71. The zero-order valence-electron chi connectivity index (χ0n) is 14.4. The average Bonchev–Trinajstić information content (AvgIpc) is 3.04. The highest BCUT2D eigenvalue weighted by atomic mass is 35.5. The van der Waals surface area contributed by atoms with Gasteiger partial charge in [0.1, 0.15) is 11.5 Å². The van der Waals surface area contributed by atoms with Gasteiger partial charge in [0, 0.05) is 29.4 Å². The molecule has 3 heterocycles. The highest BCUT2D eigenvalue weighted by Gasteiger charge is 2.39. The van der Waals surface area contributed by atoms with Crippen LogP contribution in [0.4, 0.5) is 0 Å². The first-order chi connectivity index (χ1) is 12.7. The number of nitrogens with one attached hydrogen (secondary N) is 1. The molecule has 1 saturated heterocycles. The Kier molecular flexibility index (Phi) is 4.44. The van der Waals surface area contributed by atoms with E-state index < -0.39 is 0 Å². The molecule has 2 saturated carbocycles. The quantitative estimate of drug-likeness (QED) is 0.813. The number of halogens is 2. The maximum atomic E-state index is 6.36. The van der Waals surface area contributed by atoms with Crippen LogP contribution >= 0.6 is 23.2 Å². The molecule has 0 aromatic carbocycles. The second kappa shape index (κ2) is 6.79. The van der Waals surface area contributed by atoms with Gasteiger partial charge in [0.15, 0.2) is 0 Å². The predicted octanol–water partition coefficient (Wildman–Crippen LogP) is 4.44. The number of hydrogen-bond donors (Lipinski definition) is 1. The van der Waals surface area contributed by atoms with Gasteiger partial charge in [-0.3, -0.25) is 4.98 Å². The van der Waals surface area contributed by atoms with E-state index in [1.165, 1.54) is 0 Å². The van der Waals surface area contributed by atoms with Crippen molar-refractivity contribution in [3.05, 3.63) is 33.8 Å². The third-order valence-corrected chi connectivity index (χ3v) is 6.50. The van der Waals surface area contributed by atoms with E-state index in [1.807, 2.05) is 0 Å². The summed E-state index contributed by atoms with van der Waals surface area (Å²) in [7, 11) is 0. The molecule has 2 unspecified atom stereocenters. The van der Waals surface area contributed by atoms with Gasteiger partial charge in [0.25, 0.3) is 0 Å². The monoisotopic (exact) mass is 393 g/mol. The third kappa shape index (κ3) is 3.05. The van der Waals surface area contributed by atoms with E-state index in [-0.39, 0.29) is 0 Å². The van der Waals surface area contributed by atoms with Crippen LogP contribution in [0.3, 0.4) is 0 Å². The molecule has 0 bridgehead atoms. The van der Waals surface area contributed by atoms with E-state index in [1.54, 1.807) is 12.4 Å². The SMILES string of the molecule is Clc1cncc(Cl)c1-c1noc(C2CC2)c1COC1CC2CNCC2C1. The van der Waals surface area contributed by atoms with Crippen molar-refractivity contribution in [2.45, 2.75) is 44.3 Å². The fourth-order valence-electron chi connectivity index (χ4n) is 4.41. The first-order valence-electron chi connectivity index (χ1n) is 9.31. The van der Waals surface area contributed by atoms with E-state index in [4.69, 9.17) is 32.5 Å². The number of hydrogen-bond acceptors (Lipinski definition) is 5. The smallest absolute Gasteiger partial charge is 0.145 e. The van der Waals surface area contributed by atoms with E-state index in [9.17, 15) is 0 Å². The molecule has 3 fully saturated rings. The van der Waals surface area contributed by atoms with Crippen LogP contribution < -0.4 is 5.32 Å². The predicted molar refractivity (Wildman–Crippen MR) is 99.4 cm³/mol. The summed E-state index contributed by atoms with van der Waals surface area (Å²) in [6.45, 7) is 2.74. The number of fused-ring (bicyclic) bond motifs is 1. The molecule has 0 spiro atoms. The molecule has 138 valence electrons. The highest BCUT2D eigenvalue weighted by Crippen LogP contribution is 2.46. The molecule has 2 aliphatic carbocycles. The minimum Gasteiger partial charge on any atom is -0.373 e. The zero-order chi connectivity index (χ0) is 17.7. The largest absolute Gasteiger partial charge is 0.373 e. The third-order valence-electron chi connectivity index (χ3n) is 5.93. The van der Waals surface area contributed by atoms with Gasteiger partial charge in [-0.15, -0.1) is 0 Å². The highest BCUT2D eigenvalue weighted by molar-refractivity contribution is 6.38. The van der Waals surface area contributed by atoms with Gasteiger partial charge < -0.3 is 14.6 Å². The van der Waals surface area contributed by atoms with Crippen LogP contribution in [0.1, 0.15) is 42.9 Å². The fourth-order valence-corrected chi connectivity index (χ4v) is 4.95. The van der Waals surface area contributed by atoms with Crippen molar-refractivity contribution in [3.63, 3.8) is 0 Å². The van der Waals surface area contributed by atoms with Crippen molar-refractivity contribution in [2.24, 2.45) is 11.8 Å². The Labute approximate surface area is 162 Å². The number of rotatable bonds is 5. The Morgan fingerprint density at radius 2 is 1.81 bits per heavy atom. The van der Waals surface area contributed by atoms with E-state index in [0.717, 1.165) is 61.9 Å². The van der Waals surface area contributed by atoms with Gasteiger partial charge in [0.05, 0.1) is 22.8 Å². The van der Waals surface area contributed by atoms with Gasteiger partial charge in [-0.1, -0.05) is 28.4 Å². The summed E-state index contributed by atoms with van der Waals surface area (Å²) in [5, 5.41) is 8.75. The molecule has 7 heteroatoms. The molecule has 26 heavy (non-hydrogen) atoms. The molecule has 2 aromatic rings. The Morgan fingerprint density at radius 1 is 1.12 bits per heavy atom. The summed E-state index contributed by atoms with van der Waals surface area (Å²) in [6, 6.07) is 0. The Morgan fingerprint density at radius 3 is 2.46 bits per heavy atom. The maximum absolute atomic E-state index is 6.36. The number of aromatic nitrogens is 2. The lowest BCUT2D eigenvalue weighted by Gasteiger charge is -2.14. The molecule has 2 aromatic heterocycles. The molecular formula is C19H21Cl2N3O2. The molecule has 2 atom stereocenters. The van der Waals surface area contributed by atoms with E-state index in [0.29, 0.717) is 39.9 Å². The molecular weight excluding hydrogens is 373 g/mol. The normalized spacial score (nSPS) is 27.8. The summed E-state index contributed by atoms with van der Waals surface area (Å²) in [5.41, 5.74) is 2.38. The number of nitrogens with zero attached hydrogens (tertiary/aromatic N) is 2. The molecule has 3 aliphatic rings. The fraction of sp³-hybridized carbons (Fsp3) is 0.579. The van der Waals surface area contributed by atoms with Crippen LogP contribution in [0.25, 0.3) is 11.3 Å². The molecule has 0 amide bonds. The maximum Gasteiger partial charge on any atom is 0.145 e. The summed E-state index contributed by atoms with van der Waals surface area (Å²) < 4.78 is 12.0. The summed E-state index contributed by atoms with van der Waals surface area (Å²) >= 11 is 12.7. The van der Waals surface area contributed by atoms with E-state index in [2.05, 4.69) is 15.5 Å². The van der Waals surface area contributed by atoms with Crippen LogP contribution in [-0.2, 0) is 11.3 Å². The summed E-state index contributed by atoms with van der Waals surface area (Å²) in [6.07, 6.45) is 8.03. The summed E-state index contributed by atoms with van der Waals surface area (Å²) in [4.78, 5) is 4.04. The van der Waals surface area contributed by atoms with Crippen LogP contribution in [0.15, 0.2) is 16.9 Å². The Bertz CT molecular complexity index is 789. The van der Waals surface area contributed by atoms with E-state index >= 15 is 0 Å². The van der Waals surface area contributed by atoms with Crippen molar-refractivity contribution in [2.75, 3.05) is 13.1 Å². The zero-order valence-corrected chi connectivity index (χ0v) is 15.9. The molecule has 5 nitrogen and oxygen atoms in total. The first kappa shape index (κ1) is 17.0. The lowest BCUT2D eigenvalue weighted by Crippen LogP contribution is -2.16. The number of ether oxygens (including phenoxy) is 1. The molecule has 5 rings (SSSR count). The minimum absolute atomic E-state index is 0.310. The van der Waals surface area contributed by atoms with Gasteiger partial charge in [0.2, 0.25) is 0 Å². The van der Waals surface area contributed by atoms with Gasteiger partial charge in [-0.2, -0.15) is 0 Å². The topological polar surface area (TPSA) is 60.2 Å². The first-order valence-corrected chi connectivity index (χ1v) is 10.1. The summed E-state index contributed by atoms with van der Waals surface area (Å²) in [5.74, 6) is 2.90. The molecule has 1 aliphatic heterocycles. The lowest BCUT2D eigenvalue weighted by atomic mass is 10.0.